The molecule has 9 heteroatoms. The highest BCUT2D eigenvalue weighted by atomic mass is 35.5. The number of non-ortho nitro benzene ring substituents is 1. The molecule has 2 aliphatic heterocycles. The Labute approximate surface area is 225 Å². The maximum Gasteiger partial charge on any atom is 0.271 e. The van der Waals surface area contributed by atoms with E-state index in [-0.39, 0.29) is 41.0 Å². The smallest absolute Gasteiger partial charge is 0.271 e. The minimum absolute atomic E-state index is 0.119. The first kappa shape index (κ1) is 26.1. The zero-order valence-corrected chi connectivity index (χ0v) is 22.0. The van der Waals surface area contributed by atoms with E-state index in [1.807, 2.05) is 13.0 Å². The van der Waals surface area contributed by atoms with Crippen LogP contribution in [0, 0.1) is 27.9 Å². The predicted molar refractivity (Wildman–Crippen MR) is 144 cm³/mol. The summed E-state index contributed by atoms with van der Waals surface area (Å²) in [4.78, 5) is 38.9. The fourth-order valence-corrected chi connectivity index (χ4v) is 6.37. The number of fused-ring (bicyclic) bond motifs is 3. The first-order chi connectivity index (χ1) is 18.2. The lowest BCUT2D eigenvalue weighted by molar-refractivity contribution is -0.384. The van der Waals surface area contributed by atoms with Crippen LogP contribution < -0.4 is 4.90 Å². The van der Waals surface area contributed by atoms with Crippen LogP contribution in [0.3, 0.4) is 0 Å². The highest BCUT2D eigenvalue weighted by Crippen LogP contribution is 2.51. The van der Waals surface area contributed by atoms with Gasteiger partial charge in [0.1, 0.15) is 5.75 Å². The SMILES string of the molecule is CCC1=C2[C@@H](CC/C(C)=C/c3ccc(O)cc3Cl)OC[C@@H]2[C@@H]2C(=O)N(c3cccc([N+](=O)[O-])c3)C(=O)[C@@H]2C1. The summed E-state index contributed by atoms with van der Waals surface area (Å²) in [5, 5.41) is 21.3. The number of ether oxygens (including phenoxy) is 1. The topological polar surface area (TPSA) is 110 Å². The summed E-state index contributed by atoms with van der Waals surface area (Å²) in [5.41, 5.74) is 4.34. The fourth-order valence-electron chi connectivity index (χ4n) is 6.14. The molecule has 2 heterocycles. The number of amides is 2. The number of nitro groups is 1. The number of carbonyl (C=O) groups excluding carboxylic acids is 2. The Morgan fingerprint density at radius 3 is 2.71 bits per heavy atom. The fraction of sp³-hybridized carbons (Fsp3) is 0.379. The van der Waals surface area contributed by atoms with E-state index in [9.17, 15) is 24.8 Å². The summed E-state index contributed by atoms with van der Waals surface area (Å²) in [6.07, 6.45) is 4.63. The van der Waals surface area contributed by atoms with Gasteiger partial charge in [-0.05, 0) is 68.0 Å². The van der Waals surface area contributed by atoms with Gasteiger partial charge in [0.25, 0.3) is 5.69 Å². The van der Waals surface area contributed by atoms with E-state index < -0.39 is 16.8 Å². The number of allylic oxidation sites excluding steroid dienone is 2. The van der Waals surface area contributed by atoms with Crippen LogP contribution in [0.25, 0.3) is 6.08 Å². The summed E-state index contributed by atoms with van der Waals surface area (Å²) in [6, 6.07) is 10.6. The van der Waals surface area contributed by atoms with E-state index in [2.05, 4.69) is 6.92 Å². The Balaban J connectivity index is 1.36. The molecule has 2 fully saturated rings. The highest BCUT2D eigenvalue weighted by Gasteiger charge is 2.57. The number of anilines is 1. The molecule has 2 aromatic rings. The molecule has 38 heavy (non-hydrogen) atoms. The average Bonchev–Trinajstić information content (AvgIpc) is 3.42. The van der Waals surface area contributed by atoms with Crippen molar-refractivity contribution in [2.75, 3.05) is 11.5 Å². The van der Waals surface area contributed by atoms with Crippen molar-refractivity contribution in [1.82, 2.24) is 0 Å². The van der Waals surface area contributed by atoms with Crippen molar-refractivity contribution in [2.24, 2.45) is 17.8 Å². The Bertz CT molecular complexity index is 1380. The zero-order valence-electron chi connectivity index (χ0n) is 21.2. The van der Waals surface area contributed by atoms with Gasteiger partial charge in [-0.3, -0.25) is 19.7 Å². The number of phenols is 1. The van der Waals surface area contributed by atoms with Gasteiger partial charge in [-0.1, -0.05) is 41.8 Å². The maximum absolute atomic E-state index is 13.6. The van der Waals surface area contributed by atoms with Crippen molar-refractivity contribution in [1.29, 1.82) is 0 Å². The van der Waals surface area contributed by atoms with Crippen LogP contribution in [0.2, 0.25) is 5.02 Å². The predicted octanol–water partition coefficient (Wildman–Crippen LogP) is 6.07. The first-order valence-electron chi connectivity index (χ1n) is 12.8. The summed E-state index contributed by atoms with van der Waals surface area (Å²) in [5.74, 6) is -1.66. The van der Waals surface area contributed by atoms with E-state index >= 15 is 0 Å². The molecule has 198 valence electrons. The number of imide groups is 1. The Morgan fingerprint density at radius 1 is 1.21 bits per heavy atom. The van der Waals surface area contributed by atoms with Crippen molar-refractivity contribution in [2.45, 2.75) is 45.6 Å². The number of hydrogen-bond acceptors (Lipinski definition) is 6. The number of halogens is 1. The molecule has 2 aromatic carbocycles. The van der Waals surface area contributed by atoms with Gasteiger partial charge in [0, 0.05) is 18.1 Å². The molecular weight excluding hydrogens is 508 g/mol. The van der Waals surface area contributed by atoms with Crippen LogP contribution in [-0.2, 0) is 14.3 Å². The van der Waals surface area contributed by atoms with E-state index in [4.69, 9.17) is 16.3 Å². The van der Waals surface area contributed by atoms with Gasteiger partial charge in [0.05, 0.1) is 40.2 Å². The van der Waals surface area contributed by atoms with Crippen molar-refractivity contribution >= 4 is 40.9 Å². The minimum Gasteiger partial charge on any atom is -0.508 e. The molecule has 2 saturated heterocycles. The summed E-state index contributed by atoms with van der Waals surface area (Å²) in [6.45, 7) is 4.46. The van der Waals surface area contributed by atoms with Crippen LogP contribution in [0.1, 0.15) is 45.1 Å². The van der Waals surface area contributed by atoms with Crippen molar-refractivity contribution in [3.63, 3.8) is 0 Å². The molecule has 5 rings (SSSR count). The van der Waals surface area contributed by atoms with Gasteiger partial charge < -0.3 is 9.84 Å². The number of carbonyl (C=O) groups is 2. The molecular formula is C29H29ClN2O6. The molecule has 0 bridgehead atoms. The quantitative estimate of drug-likeness (QED) is 0.199. The summed E-state index contributed by atoms with van der Waals surface area (Å²) in [7, 11) is 0. The number of phenolic OH excluding ortho intramolecular Hbond substituents is 1. The lowest BCUT2D eigenvalue weighted by atomic mass is 9.69. The zero-order chi connectivity index (χ0) is 27.1. The lowest BCUT2D eigenvalue weighted by Crippen LogP contribution is -2.34. The molecule has 0 unspecified atom stereocenters. The monoisotopic (exact) mass is 536 g/mol. The van der Waals surface area contributed by atoms with E-state index in [1.165, 1.54) is 29.8 Å². The molecule has 0 spiro atoms. The second-order valence-electron chi connectivity index (χ2n) is 10.2. The molecule has 0 radical (unpaired) electrons. The van der Waals surface area contributed by atoms with E-state index in [0.717, 1.165) is 40.9 Å². The van der Waals surface area contributed by atoms with Gasteiger partial charge in [-0.25, -0.2) is 4.90 Å². The number of nitro benzene ring substituents is 1. The summed E-state index contributed by atoms with van der Waals surface area (Å²) < 4.78 is 6.24. The Morgan fingerprint density at radius 2 is 2.00 bits per heavy atom. The maximum atomic E-state index is 13.6. The average molecular weight is 537 g/mol. The molecule has 2 amide bonds. The second-order valence-corrected chi connectivity index (χ2v) is 10.6. The van der Waals surface area contributed by atoms with Crippen molar-refractivity contribution in [3.8, 4) is 5.75 Å². The number of benzene rings is 2. The first-order valence-corrected chi connectivity index (χ1v) is 13.2. The van der Waals surface area contributed by atoms with Crippen molar-refractivity contribution in [3.05, 3.63) is 79.9 Å². The Hall–Kier alpha value is -3.49. The normalized spacial score (nSPS) is 25.1. The number of rotatable bonds is 7. The van der Waals surface area contributed by atoms with Gasteiger partial charge in [0.15, 0.2) is 0 Å². The number of hydrogen-bond donors (Lipinski definition) is 1. The van der Waals surface area contributed by atoms with Gasteiger partial charge in [-0.15, -0.1) is 0 Å². The van der Waals surface area contributed by atoms with E-state index in [1.54, 1.807) is 18.2 Å². The number of nitrogens with zero attached hydrogens (tertiary/aromatic N) is 2. The lowest BCUT2D eigenvalue weighted by Gasteiger charge is -2.31. The van der Waals surface area contributed by atoms with E-state index in [0.29, 0.717) is 18.1 Å². The van der Waals surface area contributed by atoms with Crippen LogP contribution >= 0.6 is 11.6 Å². The molecule has 4 atom stereocenters. The largest absolute Gasteiger partial charge is 0.508 e. The second kappa shape index (κ2) is 10.3. The molecule has 0 saturated carbocycles. The standard InChI is InChI=1S/C29H29ClN2O6/c1-3-17-12-22-27(29(35)31(28(22)34)19-5-4-6-20(13-19)32(36)37)23-15-38-25(26(17)23)10-7-16(2)11-18-8-9-21(33)14-24(18)30/h4-6,8-9,11,13-14,22-23,25,27,33H,3,7,10,12,15H2,1-2H3/b16-11+/t22-,23+,25-,27-/m1/s1. The molecule has 1 N–H and O–H groups in total. The number of aromatic hydroxyl groups is 1. The highest BCUT2D eigenvalue weighted by molar-refractivity contribution is 6.32. The third kappa shape index (κ3) is 4.63. The van der Waals surface area contributed by atoms with Crippen LogP contribution in [0.4, 0.5) is 11.4 Å². The molecule has 1 aliphatic carbocycles. The van der Waals surface area contributed by atoms with Gasteiger partial charge in [-0.2, -0.15) is 0 Å². The minimum atomic E-state index is -0.530. The van der Waals surface area contributed by atoms with Gasteiger partial charge in [0.2, 0.25) is 11.8 Å². The van der Waals surface area contributed by atoms with Crippen molar-refractivity contribution < 1.29 is 24.4 Å². The van der Waals surface area contributed by atoms with Gasteiger partial charge >= 0.3 is 0 Å². The molecule has 8 nitrogen and oxygen atoms in total. The molecule has 3 aliphatic rings. The van der Waals surface area contributed by atoms with Crippen LogP contribution in [0.15, 0.2) is 59.2 Å². The third-order valence-electron chi connectivity index (χ3n) is 7.92. The summed E-state index contributed by atoms with van der Waals surface area (Å²) >= 11 is 6.25. The Kier molecular flexibility index (Phi) is 7.11. The third-order valence-corrected chi connectivity index (χ3v) is 8.25. The van der Waals surface area contributed by atoms with Crippen LogP contribution in [0.5, 0.6) is 5.75 Å². The van der Waals surface area contributed by atoms with Crippen LogP contribution in [-0.4, -0.2) is 34.6 Å². The molecule has 0 aromatic heterocycles.